The summed E-state index contributed by atoms with van der Waals surface area (Å²) in [4.78, 5) is 12.0. The summed E-state index contributed by atoms with van der Waals surface area (Å²) in [6.07, 6.45) is 0. The Hall–Kier alpha value is -3.62. The van der Waals surface area contributed by atoms with Crippen LogP contribution in [-0.2, 0) is 0 Å². The fourth-order valence-corrected chi connectivity index (χ4v) is 2.24. The maximum atomic E-state index is 13.7. The maximum Gasteiger partial charge on any atom is 0.259 e. The van der Waals surface area contributed by atoms with Crippen LogP contribution in [0.3, 0.4) is 0 Å². The Kier molecular flexibility index (Phi) is 5.20. The number of nitrogens with zero attached hydrogens (tertiary/aromatic N) is 2. The molecule has 0 atom stereocenters. The molecule has 6 nitrogen and oxygen atoms in total. The van der Waals surface area contributed by atoms with Crippen LogP contribution in [0.2, 0.25) is 0 Å². The average molecular weight is 374 g/mol. The lowest BCUT2D eigenvalue weighted by Gasteiger charge is -2.10. The Morgan fingerprint density at radius 2 is 1.63 bits per heavy atom. The van der Waals surface area contributed by atoms with Crippen molar-refractivity contribution in [2.24, 2.45) is 0 Å². The molecule has 27 heavy (non-hydrogen) atoms. The lowest BCUT2D eigenvalue weighted by atomic mass is 10.2. The van der Waals surface area contributed by atoms with Crippen LogP contribution in [-0.4, -0.2) is 23.2 Å². The second kappa shape index (κ2) is 7.73. The minimum absolute atomic E-state index is 0.00899. The summed E-state index contributed by atoms with van der Waals surface area (Å²) in [6.45, 7) is 0. The number of anilines is 3. The predicted octanol–water partition coefficient (Wildman–Crippen LogP) is 3.90. The van der Waals surface area contributed by atoms with Gasteiger partial charge in [-0.1, -0.05) is 12.1 Å². The lowest BCUT2D eigenvalue weighted by Crippen LogP contribution is -2.16. The second-order valence-corrected chi connectivity index (χ2v) is 5.31. The van der Waals surface area contributed by atoms with E-state index in [4.69, 9.17) is 4.74 Å². The highest BCUT2D eigenvalue weighted by atomic mass is 19.2. The summed E-state index contributed by atoms with van der Waals surface area (Å²) < 4.78 is 45.0. The van der Waals surface area contributed by atoms with E-state index in [9.17, 15) is 18.0 Å². The number of methoxy groups -OCH3 is 1. The van der Waals surface area contributed by atoms with Crippen LogP contribution in [0.4, 0.5) is 30.5 Å². The summed E-state index contributed by atoms with van der Waals surface area (Å²) in [5, 5.41) is 12.9. The molecule has 0 saturated carbocycles. The van der Waals surface area contributed by atoms with Crippen molar-refractivity contribution in [3.8, 4) is 5.75 Å². The van der Waals surface area contributed by atoms with Crippen molar-refractivity contribution in [3.63, 3.8) is 0 Å². The third-order valence-corrected chi connectivity index (χ3v) is 3.56. The SMILES string of the molecule is COc1ccccc1Nc1ccc(NC(=O)c2ccc(F)c(F)c2F)nn1. The zero-order valence-electron chi connectivity index (χ0n) is 14.0. The first-order chi connectivity index (χ1) is 13.0. The number of aromatic nitrogens is 2. The first kappa shape index (κ1) is 18.2. The van der Waals surface area contributed by atoms with Gasteiger partial charge in [0.1, 0.15) is 5.75 Å². The van der Waals surface area contributed by atoms with E-state index >= 15 is 0 Å². The van der Waals surface area contributed by atoms with Crippen molar-refractivity contribution in [1.82, 2.24) is 10.2 Å². The van der Waals surface area contributed by atoms with Crippen LogP contribution < -0.4 is 15.4 Å². The Balaban J connectivity index is 1.72. The predicted molar refractivity (Wildman–Crippen MR) is 92.6 cm³/mol. The summed E-state index contributed by atoms with van der Waals surface area (Å²) >= 11 is 0. The van der Waals surface area contributed by atoms with Crippen molar-refractivity contribution in [1.29, 1.82) is 0 Å². The number of rotatable bonds is 5. The summed E-state index contributed by atoms with van der Waals surface area (Å²) in [7, 11) is 1.53. The van der Waals surface area contributed by atoms with E-state index in [0.29, 0.717) is 23.3 Å². The molecular weight excluding hydrogens is 361 g/mol. The second-order valence-electron chi connectivity index (χ2n) is 5.31. The summed E-state index contributed by atoms with van der Waals surface area (Å²) in [5.41, 5.74) is 0.0156. The number of hydrogen-bond acceptors (Lipinski definition) is 5. The number of halogens is 3. The van der Waals surface area contributed by atoms with Crippen LogP contribution in [0.1, 0.15) is 10.4 Å². The van der Waals surface area contributed by atoms with Crippen LogP contribution in [0, 0.1) is 17.5 Å². The molecule has 138 valence electrons. The number of carbonyl (C=O) groups is 1. The summed E-state index contributed by atoms with van der Waals surface area (Å²) in [6, 6.07) is 11.6. The van der Waals surface area contributed by atoms with Crippen molar-refractivity contribution >= 4 is 23.2 Å². The van der Waals surface area contributed by atoms with Crippen LogP contribution in [0.15, 0.2) is 48.5 Å². The van der Waals surface area contributed by atoms with E-state index in [1.165, 1.54) is 19.2 Å². The Labute approximate surface area is 152 Å². The number of para-hydroxylation sites is 2. The molecule has 0 aliphatic carbocycles. The van der Waals surface area contributed by atoms with Crippen molar-refractivity contribution in [2.75, 3.05) is 17.7 Å². The molecule has 1 amide bonds. The number of hydrogen-bond donors (Lipinski definition) is 2. The lowest BCUT2D eigenvalue weighted by molar-refractivity contribution is 0.102. The van der Waals surface area contributed by atoms with E-state index in [2.05, 4.69) is 20.8 Å². The molecule has 2 N–H and O–H groups in total. The number of benzene rings is 2. The molecular formula is C18H13F3N4O2. The topological polar surface area (TPSA) is 76.1 Å². The van der Waals surface area contributed by atoms with Gasteiger partial charge in [0, 0.05) is 0 Å². The van der Waals surface area contributed by atoms with Gasteiger partial charge in [0.15, 0.2) is 29.1 Å². The van der Waals surface area contributed by atoms with Gasteiger partial charge in [-0.05, 0) is 36.4 Å². The molecule has 1 aromatic heterocycles. The molecule has 9 heteroatoms. The minimum atomic E-state index is -1.72. The Bertz CT molecular complexity index is 981. The monoisotopic (exact) mass is 374 g/mol. The van der Waals surface area contributed by atoms with Gasteiger partial charge in [0.2, 0.25) is 0 Å². The van der Waals surface area contributed by atoms with Gasteiger partial charge in [-0.15, -0.1) is 10.2 Å². The molecule has 0 aliphatic rings. The molecule has 0 fully saturated rings. The first-order valence-corrected chi connectivity index (χ1v) is 7.68. The fourth-order valence-electron chi connectivity index (χ4n) is 2.24. The van der Waals surface area contributed by atoms with Gasteiger partial charge in [-0.2, -0.15) is 0 Å². The van der Waals surface area contributed by atoms with Gasteiger partial charge < -0.3 is 15.4 Å². The molecule has 3 aromatic rings. The van der Waals surface area contributed by atoms with E-state index in [1.807, 2.05) is 12.1 Å². The van der Waals surface area contributed by atoms with E-state index in [0.717, 1.165) is 6.07 Å². The van der Waals surface area contributed by atoms with Gasteiger partial charge in [-0.25, -0.2) is 13.2 Å². The molecule has 0 unspecified atom stereocenters. The standard InChI is InChI=1S/C18H13F3N4O2/c1-27-13-5-3-2-4-12(13)22-14-8-9-15(25-24-14)23-18(26)10-6-7-11(19)17(21)16(10)20/h2-9H,1H3,(H,22,24)(H,23,25,26). The third-order valence-electron chi connectivity index (χ3n) is 3.56. The van der Waals surface area contributed by atoms with Gasteiger partial charge in [0.25, 0.3) is 5.91 Å². The zero-order valence-corrected chi connectivity index (χ0v) is 14.0. The van der Waals surface area contributed by atoms with Crippen LogP contribution in [0.25, 0.3) is 0 Å². The van der Waals surface area contributed by atoms with Crippen molar-refractivity contribution in [2.45, 2.75) is 0 Å². The largest absolute Gasteiger partial charge is 0.495 e. The quantitative estimate of drug-likeness (QED) is 0.663. The minimum Gasteiger partial charge on any atom is -0.495 e. The smallest absolute Gasteiger partial charge is 0.259 e. The highest BCUT2D eigenvalue weighted by molar-refractivity contribution is 6.03. The number of amides is 1. The van der Waals surface area contributed by atoms with Crippen molar-refractivity contribution < 1.29 is 22.7 Å². The molecule has 0 spiro atoms. The molecule has 0 saturated heterocycles. The van der Waals surface area contributed by atoms with Gasteiger partial charge in [-0.3, -0.25) is 4.79 Å². The van der Waals surface area contributed by atoms with Gasteiger partial charge in [0.05, 0.1) is 18.4 Å². The number of nitrogens with one attached hydrogen (secondary N) is 2. The maximum absolute atomic E-state index is 13.7. The fraction of sp³-hybridized carbons (Fsp3) is 0.0556. The van der Waals surface area contributed by atoms with Crippen LogP contribution in [0.5, 0.6) is 5.75 Å². The normalized spacial score (nSPS) is 10.4. The van der Waals surface area contributed by atoms with Crippen molar-refractivity contribution in [3.05, 3.63) is 71.5 Å². The van der Waals surface area contributed by atoms with Crippen LogP contribution >= 0.6 is 0 Å². The molecule has 3 rings (SSSR count). The summed E-state index contributed by atoms with van der Waals surface area (Å²) in [5.74, 6) is -4.67. The Morgan fingerprint density at radius 1 is 0.926 bits per heavy atom. The average Bonchev–Trinajstić information content (AvgIpc) is 2.68. The van der Waals surface area contributed by atoms with E-state index in [-0.39, 0.29) is 5.82 Å². The Morgan fingerprint density at radius 3 is 2.33 bits per heavy atom. The highest BCUT2D eigenvalue weighted by Crippen LogP contribution is 2.26. The number of ether oxygens (including phenoxy) is 1. The molecule has 0 bridgehead atoms. The highest BCUT2D eigenvalue weighted by Gasteiger charge is 2.19. The molecule has 1 heterocycles. The van der Waals surface area contributed by atoms with Gasteiger partial charge >= 0.3 is 0 Å². The molecule has 2 aromatic carbocycles. The number of carbonyl (C=O) groups excluding carboxylic acids is 1. The molecule has 0 aliphatic heterocycles. The zero-order chi connectivity index (χ0) is 19.4. The first-order valence-electron chi connectivity index (χ1n) is 7.68. The molecule has 0 radical (unpaired) electrons. The third kappa shape index (κ3) is 3.97. The van der Waals surface area contributed by atoms with E-state index < -0.39 is 28.9 Å². The van der Waals surface area contributed by atoms with E-state index in [1.54, 1.807) is 12.1 Å².